The highest BCUT2D eigenvalue weighted by atomic mass is 16.6. The van der Waals surface area contributed by atoms with Crippen LogP contribution in [0.25, 0.3) is 0 Å². The van der Waals surface area contributed by atoms with Crippen LogP contribution in [0.2, 0.25) is 0 Å². The molecule has 21 nitrogen and oxygen atoms in total. The Labute approximate surface area is 342 Å². The molecule has 2 aliphatic heterocycles. The number of amides is 2. The molecule has 0 spiro atoms. The third kappa shape index (κ3) is 18.5. The molecule has 2 heterocycles. The monoisotopic (exact) mass is 848 g/mol. The molecule has 2 fully saturated rings. The van der Waals surface area contributed by atoms with Crippen LogP contribution < -0.4 is 10.6 Å². The average Bonchev–Trinajstić information content (AvgIpc) is 3.14. The number of carbonyl (C=O) groups excluding carboxylic acids is 8. The van der Waals surface area contributed by atoms with E-state index in [1.807, 2.05) is 0 Å². The molecule has 0 unspecified atom stereocenters. The van der Waals surface area contributed by atoms with E-state index in [1.165, 1.54) is 13.8 Å². The van der Waals surface area contributed by atoms with Gasteiger partial charge in [0.2, 0.25) is 0 Å². The maximum atomic E-state index is 12.5. The zero-order chi connectivity index (χ0) is 45.6. The van der Waals surface area contributed by atoms with Crippen LogP contribution in [0.1, 0.15) is 95.9 Å². The third-order valence-electron chi connectivity index (χ3n) is 7.95. The number of hydrogen-bond donors (Lipinski definition) is 4. The van der Waals surface area contributed by atoms with Gasteiger partial charge in [0.25, 0.3) is 0 Å². The van der Waals surface area contributed by atoms with Crippen molar-refractivity contribution in [2.75, 3.05) is 19.8 Å². The quantitative estimate of drug-likeness (QED) is 0.180. The van der Waals surface area contributed by atoms with Crippen LogP contribution in [0.5, 0.6) is 0 Å². The topological polar surface area (TPSA) is 292 Å². The van der Waals surface area contributed by atoms with E-state index in [0.717, 1.165) is 0 Å². The minimum absolute atomic E-state index is 0.0546. The maximum Gasteiger partial charge on any atom is 0.408 e. The molecule has 4 N–H and O–H groups in total. The van der Waals surface area contributed by atoms with Gasteiger partial charge in [-0.3, -0.25) is 24.0 Å². The van der Waals surface area contributed by atoms with E-state index >= 15 is 0 Å². The molecule has 0 aromatic carbocycles. The lowest BCUT2D eigenvalue weighted by Crippen LogP contribution is -2.48. The first-order valence-corrected chi connectivity index (χ1v) is 19.0. The molecule has 2 amide bonds. The van der Waals surface area contributed by atoms with Gasteiger partial charge >= 0.3 is 54.0 Å². The highest BCUT2D eigenvalue weighted by Gasteiger charge is 2.44. The molecule has 0 aliphatic carbocycles. The standard InChI is InChI=1S/C19H29NO10.C19H31NO9/c1-9(2)15(23)29-14-10(3)28-17(25)12(20-18(26)30-19(4,5)6)8-27-16(24)11(14)7-13(21)22;1-10(2)15(22)28-14-11(3)27-17(24)13(20-18(25)29-19(4,5)6)9-26-16(23)12(14)7-8-21/h9-12,14H,7-8H2,1-6H3,(H,20,26)(H,21,22);10-14,21H,7-9H2,1-6H3,(H,20,25)/t10-,11+,12-,14-;11-,12+,13-,14-/m00/s1. The van der Waals surface area contributed by atoms with E-state index in [0.29, 0.717) is 0 Å². The lowest BCUT2D eigenvalue weighted by atomic mass is 9.94. The molecular formula is C38H60N2O19. The minimum atomic E-state index is -1.41. The fourth-order valence-corrected chi connectivity index (χ4v) is 5.07. The number of nitrogens with one attached hydrogen (secondary N) is 2. The maximum absolute atomic E-state index is 12.5. The number of aliphatic hydroxyl groups is 1. The Morgan fingerprint density at radius 1 is 0.661 bits per heavy atom. The predicted molar refractivity (Wildman–Crippen MR) is 200 cm³/mol. The molecule has 21 heteroatoms. The second-order valence-corrected chi connectivity index (χ2v) is 16.4. The first kappa shape index (κ1) is 51.8. The van der Waals surface area contributed by atoms with Crippen molar-refractivity contribution in [2.24, 2.45) is 23.7 Å². The Morgan fingerprint density at radius 2 is 1.02 bits per heavy atom. The molecule has 8 atom stereocenters. The fraction of sp³-hybridized carbons (Fsp3) is 0.763. The zero-order valence-electron chi connectivity index (χ0n) is 35.6. The summed E-state index contributed by atoms with van der Waals surface area (Å²) in [5, 5.41) is 23.0. The van der Waals surface area contributed by atoms with E-state index < -0.39 is 145 Å². The second-order valence-electron chi connectivity index (χ2n) is 16.4. The van der Waals surface area contributed by atoms with E-state index in [-0.39, 0.29) is 13.0 Å². The molecule has 0 aromatic heterocycles. The van der Waals surface area contributed by atoms with Crippen molar-refractivity contribution in [2.45, 2.75) is 144 Å². The van der Waals surface area contributed by atoms with Gasteiger partial charge < -0.3 is 58.7 Å². The summed E-state index contributed by atoms with van der Waals surface area (Å²) >= 11 is 0. The fourth-order valence-electron chi connectivity index (χ4n) is 5.07. The van der Waals surface area contributed by atoms with Crippen LogP contribution in [0.4, 0.5) is 9.59 Å². The number of carbonyl (C=O) groups is 9. The number of aliphatic hydroxyl groups excluding tert-OH is 1. The number of ether oxygens (including phenoxy) is 8. The van der Waals surface area contributed by atoms with Crippen LogP contribution >= 0.6 is 0 Å². The van der Waals surface area contributed by atoms with Gasteiger partial charge in [0.15, 0.2) is 24.3 Å². The van der Waals surface area contributed by atoms with Gasteiger partial charge in [-0.05, 0) is 61.8 Å². The summed E-state index contributed by atoms with van der Waals surface area (Å²) in [5.41, 5.74) is -1.63. The van der Waals surface area contributed by atoms with Crippen LogP contribution in [0.15, 0.2) is 0 Å². The summed E-state index contributed by atoms with van der Waals surface area (Å²) in [5.74, 6) is -9.70. The first-order chi connectivity index (χ1) is 27.1. The molecule has 2 saturated heterocycles. The van der Waals surface area contributed by atoms with Gasteiger partial charge in [-0.2, -0.15) is 0 Å². The van der Waals surface area contributed by atoms with E-state index in [9.17, 15) is 48.3 Å². The van der Waals surface area contributed by atoms with Crippen molar-refractivity contribution in [3.05, 3.63) is 0 Å². The summed E-state index contributed by atoms with van der Waals surface area (Å²) in [6, 6.07) is -2.69. The van der Waals surface area contributed by atoms with Crippen molar-refractivity contribution in [3.63, 3.8) is 0 Å². The van der Waals surface area contributed by atoms with Gasteiger partial charge in [0.05, 0.1) is 24.2 Å². The van der Waals surface area contributed by atoms with Gasteiger partial charge in [-0.15, -0.1) is 0 Å². The molecular weight excluding hydrogens is 788 g/mol. The van der Waals surface area contributed by atoms with Crippen molar-refractivity contribution < 1.29 is 91.3 Å². The van der Waals surface area contributed by atoms with E-state index in [1.54, 1.807) is 69.2 Å². The summed E-state index contributed by atoms with van der Waals surface area (Å²) in [7, 11) is 0. The van der Waals surface area contributed by atoms with Crippen molar-refractivity contribution >= 4 is 54.0 Å². The van der Waals surface area contributed by atoms with Gasteiger partial charge in [0.1, 0.15) is 42.5 Å². The van der Waals surface area contributed by atoms with Gasteiger partial charge in [0, 0.05) is 6.61 Å². The average molecular weight is 849 g/mol. The zero-order valence-corrected chi connectivity index (χ0v) is 35.6. The third-order valence-corrected chi connectivity index (χ3v) is 7.95. The number of alkyl carbamates (subject to hydrolysis) is 2. The van der Waals surface area contributed by atoms with E-state index in [2.05, 4.69) is 10.6 Å². The number of hydrogen-bond acceptors (Lipinski definition) is 18. The number of aliphatic carboxylic acids is 1. The Bertz CT molecular complexity index is 1510. The SMILES string of the molecule is CC(C)C(=O)O[C@H]1[C@H](C)OC(=O)[C@@H](NC(=O)OC(C)(C)C)COC(=O)[C@@H]1CC(=O)O.CC(C)C(=O)O[C@H]1[C@H](C)OC(=O)[C@@H](NC(=O)OC(C)(C)C)COC(=O)[C@@H]1CCO. The van der Waals surface area contributed by atoms with Crippen LogP contribution in [0.3, 0.4) is 0 Å². The lowest BCUT2D eigenvalue weighted by molar-refractivity contribution is -0.178. The number of cyclic esters (lactones) is 4. The molecule has 2 rings (SSSR count). The number of rotatable bonds is 10. The number of esters is 6. The number of carboxylic acids is 1. The molecule has 0 saturated carbocycles. The predicted octanol–water partition coefficient (Wildman–Crippen LogP) is 1.96. The summed E-state index contributed by atoms with van der Waals surface area (Å²) in [6.45, 7) is 17.5. The molecule has 59 heavy (non-hydrogen) atoms. The van der Waals surface area contributed by atoms with Crippen molar-refractivity contribution in [3.8, 4) is 0 Å². The van der Waals surface area contributed by atoms with Crippen LogP contribution in [-0.4, -0.2) is 132 Å². The van der Waals surface area contributed by atoms with E-state index in [4.69, 9.17) is 43.0 Å². The highest BCUT2D eigenvalue weighted by molar-refractivity contribution is 5.85. The van der Waals surface area contributed by atoms with Gasteiger partial charge in [-0.1, -0.05) is 27.7 Å². The van der Waals surface area contributed by atoms with Crippen LogP contribution in [0, 0.1) is 23.7 Å². The Kier molecular flexibility index (Phi) is 20.0. The first-order valence-electron chi connectivity index (χ1n) is 19.0. The molecule has 336 valence electrons. The second kappa shape index (κ2) is 22.8. The smallest absolute Gasteiger partial charge is 0.408 e. The molecule has 0 bridgehead atoms. The minimum Gasteiger partial charge on any atom is -0.481 e. The molecule has 0 radical (unpaired) electrons. The highest BCUT2D eigenvalue weighted by Crippen LogP contribution is 2.25. The Hall–Kier alpha value is -5.21. The van der Waals surface area contributed by atoms with Crippen molar-refractivity contribution in [1.82, 2.24) is 10.6 Å². The molecule has 2 aliphatic rings. The normalized spacial score (nSPS) is 25.5. The Balaban J connectivity index is 0.000000590. The Morgan fingerprint density at radius 3 is 1.34 bits per heavy atom. The summed E-state index contributed by atoms with van der Waals surface area (Å²) < 4.78 is 41.6. The number of carboxylic acid groups (broad SMARTS) is 1. The largest absolute Gasteiger partial charge is 0.481 e. The molecule has 0 aromatic rings. The summed E-state index contributed by atoms with van der Waals surface area (Å²) in [6.07, 6.45) is -7.30. The van der Waals surface area contributed by atoms with Crippen molar-refractivity contribution in [1.29, 1.82) is 0 Å². The summed E-state index contributed by atoms with van der Waals surface area (Å²) in [4.78, 5) is 109. The van der Waals surface area contributed by atoms with Gasteiger partial charge in [-0.25, -0.2) is 19.2 Å². The lowest BCUT2D eigenvalue weighted by Gasteiger charge is -2.29. The van der Waals surface area contributed by atoms with Crippen LogP contribution in [-0.2, 0) is 71.5 Å².